The lowest BCUT2D eigenvalue weighted by molar-refractivity contribution is 0.585. The van der Waals surface area contributed by atoms with Crippen molar-refractivity contribution in [2.24, 2.45) is 0 Å². The topological polar surface area (TPSA) is 77.8 Å². The molecule has 2 aromatic heterocycles. The van der Waals surface area contributed by atoms with Crippen LogP contribution in [-0.4, -0.2) is 20.4 Å². The predicted molar refractivity (Wildman–Crippen MR) is 462 cm³/mol. The van der Waals surface area contributed by atoms with Gasteiger partial charge in [0.2, 0.25) is 23.6 Å². The molecule has 0 saturated heterocycles. The van der Waals surface area contributed by atoms with Gasteiger partial charge in [0.25, 0.3) is 0 Å². The molecule has 6 nitrogen and oxygen atoms in total. The Bertz CT molecular complexity index is 6770. The molecule has 0 spiro atoms. The number of rotatable bonds is 12. The van der Waals surface area contributed by atoms with Crippen molar-refractivity contribution in [1.29, 1.82) is 0 Å². The van der Waals surface area contributed by atoms with Crippen LogP contribution in [0.15, 0.2) is 385 Å². The summed E-state index contributed by atoms with van der Waals surface area (Å²) in [6.07, 6.45) is 0. The molecule has 111 heavy (non-hydrogen) atoms. The largest absolute Gasteiger partial charge is 0.416 e. The van der Waals surface area contributed by atoms with Crippen molar-refractivity contribution in [3.05, 3.63) is 387 Å². The summed E-state index contributed by atoms with van der Waals surface area (Å²) in [6, 6.07) is 135. The van der Waals surface area contributed by atoms with Crippen LogP contribution in [0.1, 0.15) is 31.9 Å². The molecule has 0 radical (unpaired) electrons. The Morgan fingerprint density at radius 1 is 0.198 bits per heavy atom. The van der Waals surface area contributed by atoms with Gasteiger partial charge in [-0.2, -0.15) is 0 Å². The van der Waals surface area contributed by atoms with Crippen LogP contribution in [0.25, 0.3) is 199 Å². The maximum absolute atomic E-state index is 6.31. The van der Waals surface area contributed by atoms with E-state index < -0.39 is 0 Å². The molecule has 2 heterocycles. The SMILES string of the molecule is CC(C)(C)c1ccc2c(-c3ccc(-c4nnc(-c5cccc6ccccc56)o4)cc3)c3ccccc3c(-c3ccc(-c4nnc(-c5cccc6ccccc56)o4)cc3)c2c1.Cc1ccc2c(-c3cc(-c4ccccc4)cc(-c4ccccc4)c3)c3ccccc3c(-c3cc(-c4ccccc4)cc(-c4ccccc4)c3)c2c1. The minimum atomic E-state index is -0.0442. The number of hydrogen-bond donors (Lipinski definition) is 0. The molecule has 0 atom stereocenters. The molecule has 526 valence electrons. The molecule has 0 N–H and O–H groups in total. The smallest absolute Gasteiger partial charge is 0.248 e. The fraction of sp³-hybridized carbons (Fsp3) is 0.0476. The van der Waals surface area contributed by atoms with Gasteiger partial charge in [-0.05, 0) is 250 Å². The summed E-state index contributed by atoms with van der Waals surface area (Å²) in [6.45, 7) is 9.01. The second-order valence-corrected chi connectivity index (χ2v) is 29.7. The lowest BCUT2D eigenvalue weighted by Crippen LogP contribution is -2.10. The van der Waals surface area contributed by atoms with Gasteiger partial charge in [0.05, 0.1) is 0 Å². The molecular weight excluding hydrogens is 1350 g/mol. The fourth-order valence-corrected chi connectivity index (χ4v) is 16.2. The van der Waals surface area contributed by atoms with Gasteiger partial charge in [0.1, 0.15) is 0 Å². The van der Waals surface area contributed by atoms with E-state index in [2.05, 4.69) is 376 Å². The zero-order chi connectivity index (χ0) is 74.5. The molecule has 6 heteroatoms. The lowest BCUT2D eigenvalue weighted by Gasteiger charge is -2.23. The number of fused-ring (bicyclic) bond motifs is 6. The van der Waals surface area contributed by atoms with Gasteiger partial charge in [0.15, 0.2) is 0 Å². The van der Waals surface area contributed by atoms with E-state index >= 15 is 0 Å². The second-order valence-electron chi connectivity index (χ2n) is 29.7. The Hall–Kier alpha value is -14.2. The first kappa shape index (κ1) is 67.4. The lowest BCUT2D eigenvalue weighted by atomic mass is 9.81. The number of aryl methyl sites for hydroxylation is 1. The van der Waals surface area contributed by atoms with Gasteiger partial charge in [-0.15, -0.1) is 20.4 Å². The maximum Gasteiger partial charge on any atom is 0.248 e. The molecule has 20 rings (SSSR count). The summed E-state index contributed by atoms with van der Waals surface area (Å²) in [4.78, 5) is 0. The second kappa shape index (κ2) is 28.5. The third-order valence-electron chi connectivity index (χ3n) is 21.7. The molecule has 0 aliphatic rings. The minimum absolute atomic E-state index is 0.0442. The molecule has 0 bridgehead atoms. The Kier molecular flexibility index (Phi) is 17.3. The molecule has 0 aliphatic carbocycles. The Morgan fingerprint density at radius 2 is 0.486 bits per heavy atom. The van der Waals surface area contributed by atoms with E-state index in [4.69, 9.17) is 8.83 Å². The highest BCUT2D eigenvalue weighted by Crippen LogP contribution is 2.49. The summed E-state index contributed by atoms with van der Waals surface area (Å²) >= 11 is 0. The van der Waals surface area contributed by atoms with E-state index in [0.29, 0.717) is 23.6 Å². The first-order chi connectivity index (χ1) is 54.6. The third-order valence-corrected chi connectivity index (χ3v) is 21.7. The number of aromatic nitrogens is 4. The summed E-state index contributed by atoms with van der Waals surface area (Å²) in [5.74, 6) is 1.98. The maximum atomic E-state index is 6.31. The number of hydrogen-bond acceptors (Lipinski definition) is 6. The highest BCUT2D eigenvalue weighted by atomic mass is 16.4. The van der Waals surface area contributed by atoms with Crippen molar-refractivity contribution in [3.8, 4) is 135 Å². The van der Waals surface area contributed by atoms with Gasteiger partial charge in [-0.25, -0.2) is 0 Å². The van der Waals surface area contributed by atoms with Gasteiger partial charge in [-0.3, -0.25) is 0 Å². The number of benzene rings is 18. The van der Waals surface area contributed by atoms with Crippen molar-refractivity contribution in [2.75, 3.05) is 0 Å². The molecule has 20 aromatic rings. The van der Waals surface area contributed by atoms with Crippen LogP contribution < -0.4 is 0 Å². The van der Waals surface area contributed by atoms with E-state index in [0.717, 1.165) is 54.9 Å². The van der Waals surface area contributed by atoms with Crippen molar-refractivity contribution < 1.29 is 8.83 Å². The van der Waals surface area contributed by atoms with Gasteiger partial charge in [0, 0.05) is 22.3 Å². The monoisotopic (exact) mass is 1420 g/mol. The summed E-state index contributed by atoms with van der Waals surface area (Å²) in [7, 11) is 0. The van der Waals surface area contributed by atoms with Crippen molar-refractivity contribution >= 4 is 64.6 Å². The minimum Gasteiger partial charge on any atom is -0.416 e. The van der Waals surface area contributed by atoms with Gasteiger partial charge < -0.3 is 8.83 Å². The van der Waals surface area contributed by atoms with Crippen molar-refractivity contribution in [2.45, 2.75) is 33.1 Å². The molecule has 0 fully saturated rings. The average Bonchev–Trinajstić information content (AvgIpc) is 1.23. The Morgan fingerprint density at radius 3 is 0.883 bits per heavy atom. The van der Waals surface area contributed by atoms with Crippen LogP contribution in [0.5, 0.6) is 0 Å². The quantitative estimate of drug-likeness (QED) is 0.113. The first-order valence-electron chi connectivity index (χ1n) is 37.9. The summed E-state index contributed by atoms with van der Waals surface area (Å²) in [5.41, 5.74) is 25.3. The van der Waals surface area contributed by atoms with Crippen LogP contribution >= 0.6 is 0 Å². The molecule has 0 unspecified atom stereocenters. The van der Waals surface area contributed by atoms with Crippen LogP contribution in [0.3, 0.4) is 0 Å². The van der Waals surface area contributed by atoms with Gasteiger partial charge in [-0.1, -0.05) is 324 Å². The van der Waals surface area contributed by atoms with E-state index in [-0.39, 0.29) is 5.41 Å². The molecule has 0 aliphatic heterocycles. The fourth-order valence-electron chi connectivity index (χ4n) is 16.2. The molecular formula is C105H74N4O2. The van der Waals surface area contributed by atoms with Crippen LogP contribution in [0, 0.1) is 6.92 Å². The first-order valence-corrected chi connectivity index (χ1v) is 37.9. The molecule has 18 aromatic carbocycles. The van der Waals surface area contributed by atoms with E-state index in [1.807, 2.05) is 48.5 Å². The van der Waals surface area contributed by atoms with Crippen molar-refractivity contribution in [3.63, 3.8) is 0 Å². The number of nitrogens with zero attached hydrogens (tertiary/aromatic N) is 4. The zero-order valence-electron chi connectivity index (χ0n) is 61.9. The van der Waals surface area contributed by atoms with Crippen LogP contribution in [-0.2, 0) is 5.41 Å². The highest BCUT2D eigenvalue weighted by molar-refractivity contribution is 6.23. The third kappa shape index (κ3) is 12.9. The Labute approximate surface area is 644 Å². The zero-order valence-corrected chi connectivity index (χ0v) is 61.9. The van der Waals surface area contributed by atoms with Crippen LogP contribution in [0.4, 0.5) is 0 Å². The van der Waals surface area contributed by atoms with Crippen molar-refractivity contribution in [1.82, 2.24) is 20.4 Å². The van der Waals surface area contributed by atoms with E-state index in [1.165, 1.54) is 132 Å². The summed E-state index contributed by atoms with van der Waals surface area (Å²) < 4.78 is 12.6. The predicted octanol–water partition coefficient (Wildman–Crippen LogP) is 28.7. The van der Waals surface area contributed by atoms with E-state index in [9.17, 15) is 0 Å². The van der Waals surface area contributed by atoms with E-state index in [1.54, 1.807) is 0 Å². The average molecular weight is 1420 g/mol. The highest BCUT2D eigenvalue weighted by Gasteiger charge is 2.25. The molecule has 0 amide bonds. The standard InChI is InChI=1S/C54H38N4O2.C51H36/c1-54(2,3)39-30-31-44-47(32-39)49(36-24-28-38(29-25-36)51-56-58-53(60-51)46-21-11-15-34-13-5-7-17-41(34)46)43-19-9-8-18-42(43)48(44)35-22-26-37(27-23-35)50-55-57-52(59-50)45-20-10-14-33-12-4-6-16-40(33)45;1-35-26-27-48-49(28-35)51(45-33-42(38-20-10-4-11-21-38)30-43(34-45)39-22-12-5-13-23-39)47-25-15-14-24-46(47)50(48)44-31-40(36-16-6-2-7-17-36)29-41(32-44)37-18-8-3-9-19-37/h4-32H,1-3H3;2-34H,1H3. The summed E-state index contributed by atoms with van der Waals surface area (Å²) in [5, 5.41) is 32.0. The molecule has 0 saturated carbocycles. The van der Waals surface area contributed by atoms with Gasteiger partial charge >= 0.3 is 0 Å². The Balaban J connectivity index is 0.000000152. The normalized spacial score (nSPS) is 11.6. The van der Waals surface area contributed by atoms with Crippen LogP contribution in [0.2, 0.25) is 0 Å².